The maximum absolute atomic E-state index is 12.0. The van der Waals surface area contributed by atoms with Crippen LogP contribution in [0.15, 0.2) is 29.3 Å². The number of esters is 1. The van der Waals surface area contributed by atoms with Gasteiger partial charge in [0, 0.05) is 26.7 Å². The molecule has 0 bridgehead atoms. The number of benzene rings is 1. The molecule has 27 heavy (non-hydrogen) atoms. The zero-order chi connectivity index (χ0) is 18.8. The highest BCUT2D eigenvalue weighted by atomic mass is 127. The molecule has 7 heteroatoms. The van der Waals surface area contributed by atoms with Gasteiger partial charge in [0.2, 0.25) is 0 Å². The third kappa shape index (κ3) is 7.56. The van der Waals surface area contributed by atoms with Gasteiger partial charge in [0.1, 0.15) is 5.75 Å². The summed E-state index contributed by atoms with van der Waals surface area (Å²) in [5.41, 5.74) is 1.27. The molecule has 1 saturated heterocycles. The molecule has 1 aliphatic heterocycles. The van der Waals surface area contributed by atoms with Crippen molar-refractivity contribution in [3.8, 4) is 5.75 Å². The maximum atomic E-state index is 12.0. The van der Waals surface area contributed by atoms with E-state index < -0.39 is 0 Å². The number of methoxy groups -OCH3 is 1. The molecule has 1 aromatic rings. The van der Waals surface area contributed by atoms with Gasteiger partial charge < -0.3 is 19.7 Å². The highest BCUT2D eigenvalue weighted by Crippen LogP contribution is 2.18. The van der Waals surface area contributed by atoms with Crippen LogP contribution in [-0.2, 0) is 16.0 Å². The topological polar surface area (TPSA) is 63.2 Å². The lowest BCUT2D eigenvalue weighted by atomic mass is 9.98. The van der Waals surface area contributed by atoms with Crippen molar-refractivity contribution in [3.05, 3.63) is 29.8 Å². The smallest absolute Gasteiger partial charge is 0.310 e. The van der Waals surface area contributed by atoms with Crippen molar-refractivity contribution in [2.24, 2.45) is 10.9 Å². The summed E-state index contributed by atoms with van der Waals surface area (Å²) >= 11 is 0. The van der Waals surface area contributed by atoms with E-state index in [2.05, 4.69) is 27.3 Å². The molecule has 2 rings (SSSR count). The molecule has 1 atom stereocenters. The minimum atomic E-state index is -0.0920. The molecule has 0 spiro atoms. The molecule has 0 radical (unpaired) electrons. The average Bonchev–Trinajstić information content (AvgIpc) is 2.68. The third-order valence-corrected chi connectivity index (χ3v) is 4.61. The summed E-state index contributed by atoms with van der Waals surface area (Å²) in [5.74, 6) is 1.61. The Labute approximate surface area is 179 Å². The van der Waals surface area contributed by atoms with Crippen LogP contribution in [0.4, 0.5) is 0 Å². The Balaban J connectivity index is 0.00000364. The Kier molecular flexibility index (Phi) is 11.2. The first-order chi connectivity index (χ1) is 12.7. The summed E-state index contributed by atoms with van der Waals surface area (Å²) in [6.45, 7) is 4.72. The summed E-state index contributed by atoms with van der Waals surface area (Å²) in [4.78, 5) is 18.6. The van der Waals surface area contributed by atoms with Crippen molar-refractivity contribution >= 4 is 35.9 Å². The fourth-order valence-electron chi connectivity index (χ4n) is 3.27. The number of nitrogens with zero attached hydrogens (tertiary/aromatic N) is 2. The van der Waals surface area contributed by atoms with Gasteiger partial charge >= 0.3 is 5.97 Å². The van der Waals surface area contributed by atoms with Gasteiger partial charge in [0.05, 0.1) is 19.6 Å². The molecular weight excluding hydrogens is 457 g/mol. The van der Waals surface area contributed by atoms with Gasteiger partial charge in [-0.05, 0) is 50.3 Å². The molecule has 0 amide bonds. The summed E-state index contributed by atoms with van der Waals surface area (Å²) in [5, 5.41) is 3.42. The molecule has 1 aliphatic rings. The van der Waals surface area contributed by atoms with Crippen LogP contribution in [0.25, 0.3) is 0 Å². The molecule has 0 saturated carbocycles. The maximum Gasteiger partial charge on any atom is 0.310 e. The molecule has 1 heterocycles. The Hall–Kier alpha value is -1.51. The number of aliphatic imine (C=N–C) groups is 1. The summed E-state index contributed by atoms with van der Waals surface area (Å²) in [6, 6.07) is 8.17. The number of likely N-dealkylation sites (tertiary alicyclic amines) is 1. The second-order valence-electron chi connectivity index (χ2n) is 6.47. The molecule has 0 aliphatic carbocycles. The first kappa shape index (κ1) is 23.5. The lowest BCUT2D eigenvalue weighted by Crippen LogP contribution is -2.48. The van der Waals surface area contributed by atoms with Crippen LogP contribution in [-0.4, -0.2) is 57.2 Å². The quantitative estimate of drug-likeness (QED) is 0.210. The van der Waals surface area contributed by atoms with Crippen molar-refractivity contribution in [1.82, 2.24) is 10.2 Å². The van der Waals surface area contributed by atoms with Gasteiger partial charge in [-0.2, -0.15) is 0 Å². The van der Waals surface area contributed by atoms with Crippen LogP contribution < -0.4 is 10.1 Å². The van der Waals surface area contributed by atoms with Crippen molar-refractivity contribution in [3.63, 3.8) is 0 Å². The van der Waals surface area contributed by atoms with Crippen molar-refractivity contribution in [2.45, 2.75) is 32.6 Å². The van der Waals surface area contributed by atoms with E-state index in [0.717, 1.165) is 50.5 Å². The Bertz CT molecular complexity index is 610. The first-order valence-corrected chi connectivity index (χ1v) is 9.43. The van der Waals surface area contributed by atoms with E-state index >= 15 is 0 Å². The second kappa shape index (κ2) is 12.8. The van der Waals surface area contributed by atoms with Crippen molar-refractivity contribution < 1.29 is 14.3 Å². The SMILES string of the molecule is CCOC(=O)C1CCCN(C(=NC)NCCCc2cccc(OC)c2)C1.I. The lowest BCUT2D eigenvalue weighted by molar-refractivity contribution is -0.149. The van der Waals surface area contributed by atoms with Gasteiger partial charge in [-0.15, -0.1) is 24.0 Å². The first-order valence-electron chi connectivity index (χ1n) is 9.43. The number of nitrogens with one attached hydrogen (secondary N) is 1. The van der Waals surface area contributed by atoms with Gasteiger partial charge in [0.15, 0.2) is 5.96 Å². The van der Waals surface area contributed by atoms with E-state index in [1.807, 2.05) is 19.1 Å². The van der Waals surface area contributed by atoms with Crippen molar-refractivity contribution in [1.29, 1.82) is 0 Å². The Morgan fingerprint density at radius 2 is 2.22 bits per heavy atom. The van der Waals surface area contributed by atoms with E-state index in [9.17, 15) is 4.79 Å². The molecular formula is C20H32IN3O3. The van der Waals surface area contributed by atoms with Crippen LogP contribution in [0.1, 0.15) is 31.7 Å². The number of carbonyl (C=O) groups excluding carboxylic acids is 1. The second-order valence-corrected chi connectivity index (χ2v) is 6.47. The summed E-state index contributed by atoms with van der Waals surface area (Å²) in [7, 11) is 3.48. The number of aryl methyl sites for hydroxylation is 1. The van der Waals surface area contributed by atoms with E-state index in [4.69, 9.17) is 9.47 Å². The summed E-state index contributed by atoms with van der Waals surface area (Å²) in [6.07, 6.45) is 3.85. The number of carbonyl (C=O) groups is 1. The van der Waals surface area contributed by atoms with E-state index in [1.54, 1.807) is 14.2 Å². The highest BCUT2D eigenvalue weighted by Gasteiger charge is 2.28. The van der Waals surface area contributed by atoms with Crippen LogP contribution in [0, 0.1) is 5.92 Å². The predicted molar refractivity (Wildman–Crippen MR) is 119 cm³/mol. The van der Waals surface area contributed by atoms with Gasteiger partial charge in [-0.1, -0.05) is 12.1 Å². The Morgan fingerprint density at radius 3 is 2.93 bits per heavy atom. The molecule has 0 aromatic heterocycles. The molecule has 152 valence electrons. The standard InChI is InChI=1S/C20H31N3O3.HI/c1-4-26-19(24)17-10-7-13-23(15-17)20(21-2)22-12-6-9-16-8-5-11-18(14-16)25-3;/h5,8,11,14,17H,4,6-7,9-10,12-13,15H2,1-3H3,(H,21,22);1H. The number of hydrogen-bond donors (Lipinski definition) is 1. The minimum absolute atomic E-state index is 0. The number of ether oxygens (including phenoxy) is 2. The van der Waals surface area contributed by atoms with Gasteiger partial charge in [-0.3, -0.25) is 9.79 Å². The largest absolute Gasteiger partial charge is 0.497 e. The van der Waals surface area contributed by atoms with E-state index in [0.29, 0.717) is 13.2 Å². The average molecular weight is 489 g/mol. The normalized spacial score (nSPS) is 17.1. The van der Waals surface area contributed by atoms with Crippen LogP contribution in [0.2, 0.25) is 0 Å². The predicted octanol–water partition coefficient (Wildman–Crippen LogP) is 3.10. The molecule has 1 N–H and O–H groups in total. The zero-order valence-corrected chi connectivity index (χ0v) is 18.9. The lowest BCUT2D eigenvalue weighted by Gasteiger charge is -2.34. The summed E-state index contributed by atoms with van der Waals surface area (Å²) < 4.78 is 10.4. The Morgan fingerprint density at radius 1 is 1.41 bits per heavy atom. The van der Waals surface area contributed by atoms with E-state index in [-0.39, 0.29) is 35.9 Å². The molecule has 6 nitrogen and oxygen atoms in total. The molecule has 1 unspecified atom stereocenters. The van der Waals surface area contributed by atoms with Crippen LogP contribution >= 0.6 is 24.0 Å². The van der Waals surface area contributed by atoms with Gasteiger partial charge in [0.25, 0.3) is 0 Å². The van der Waals surface area contributed by atoms with Crippen molar-refractivity contribution in [2.75, 3.05) is 40.4 Å². The fraction of sp³-hybridized carbons (Fsp3) is 0.600. The molecule has 1 fully saturated rings. The zero-order valence-electron chi connectivity index (χ0n) is 16.6. The van der Waals surface area contributed by atoms with Gasteiger partial charge in [-0.25, -0.2) is 0 Å². The number of piperidine rings is 1. The monoisotopic (exact) mass is 489 g/mol. The van der Waals surface area contributed by atoms with Crippen LogP contribution in [0.5, 0.6) is 5.75 Å². The minimum Gasteiger partial charge on any atom is -0.497 e. The van der Waals surface area contributed by atoms with Crippen LogP contribution in [0.3, 0.4) is 0 Å². The molecule has 1 aromatic carbocycles. The number of guanidine groups is 1. The van der Waals surface area contributed by atoms with E-state index in [1.165, 1.54) is 5.56 Å². The number of rotatable bonds is 7. The number of hydrogen-bond acceptors (Lipinski definition) is 4. The fourth-order valence-corrected chi connectivity index (χ4v) is 3.27. The third-order valence-electron chi connectivity index (χ3n) is 4.61. The number of halogens is 1. The highest BCUT2D eigenvalue weighted by molar-refractivity contribution is 14.0.